The highest BCUT2D eigenvalue weighted by molar-refractivity contribution is 6.30. The minimum Gasteiger partial charge on any atom is -0.490 e. The highest BCUT2D eigenvalue weighted by atomic mass is 35.5. The van der Waals surface area contributed by atoms with Crippen molar-refractivity contribution in [2.75, 3.05) is 13.2 Å². The zero-order valence-electron chi connectivity index (χ0n) is 12.7. The van der Waals surface area contributed by atoms with Crippen molar-refractivity contribution in [3.8, 4) is 11.5 Å². The monoisotopic (exact) mass is 332 g/mol. The van der Waals surface area contributed by atoms with Gasteiger partial charge in [-0.15, -0.1) is 0 Å². The van der Waals surface area contributed by atoms with Crippen LogP contribution in [0.25, 0.3) is 0 Å². The van der Waals surface area contributed by atoms with Crippen LogP contribution in [0, 0.1) is 0 Å². The number of hydrazone groups is 1. The number of carbonyl (C=O) groups is 1. The number of hydrogen-bond donors (Lipinski definition) is 1. The quantitative estimate of drug-likeness (QED) is 0.625. The van der Waals surface area contributed by atoms with E-state index < -0.39 is 0 Å². The third kappa shape index (κ3) is 5.64. The topological polar surface area (TPSA) is 59.9 Å². The van der Waals surface area contributed by atoms with Crippen molar-refractivity contribution in [1.29, 1.82) is 0 Å². The molecular formula is C17H17ClN2O3. The summed E-state index contributed by atoms with van der Waals surface area (Å²) in [5, 5.41) is 4.51. The molecule has 0 aliphatic carbocycles. The molecule has 120 valence electrons. The molecule has 2 aromatic rings. The molecule has 0 unspecified atom stereocenters. The Bertz CT molecular complexity index is 672. The first-order valence-electron chi connectivity index (χ1n) is 7.11. The van der Waals surface area contributed by atoms with Gasteiger partial charge < -0.3 is 9.47 Å². The molecule has 0 radical (unpaired) electrons. The van der Waals surface area contributed by atoms with Crippen molar-refractivity contribution in [3.05, 3.63) is 59.1 Å². The Balaban J connectivity index is 1.82. The van der Waals surface area contributed by atoms with Gasteiger partial charge in [0.25, 0.3) is 5.91 Å². The Morgan fingerprint density at radius 2 is 1.78 bits per heavy atom. The van der Waals surface area contributed by atoms with Crippen LogP contribution in [0.3, 0.4) is 0 Å². The molecule has 0 saturated carbocycles. The number of ether oxygens (including phenoxy) is 2. The Kier molecular flexibility index (Phi) is 6.44. The second kappa shape index (κ2) is 8.80. The number of amides is 1. The van der Waals surface area contributed by atoms with Gasteiger partial charge in [-0.05, 0) is 36.8 Å². The molecule has 2 rings (SSSR count). The van der Waals surface area contributed by atoms with Crippen LogP contribution in [0.15, 0.2) is 53.6 Å². The van der Waals surface area contributed by atoms with E-state index in [1.165, 1.54) is 6.21 Å². The minimum absolute atomic E-state index is 0.151. The van der Waals surface area contributed by atoms with Crippen molar-refractivity contribution >= 4 is 23.7 Å². The fourth-order valence-corrected chi connectivity index (χ4v) is 1.87. The molecule has 0 atom stereocenters. The molecule has 2 aromatic carbocycles. The zero-order chi connectivity index (χ0) is 16.5. The second-order valence-electron chi connectivity index (χ2n) is 4.51. The van der Waals surface area contributed by atoms with Gasteiger partial charge in [0, 0.05) is 5.02 Å². The molecule has 23 heavy (non-hydrogen) atoms. The molecule has 0 bridgehead atoms. The van der Waals surface area contributed by atoms with Crippen molar-refractivity contribution in [3.63, 3.8) is 0 Å². The van der Waals surface area contributed by atoms with Crippen LogP contribution >= 0.6 is 11.6 Å². The number of para-hydroxylation sites is 2. The van der Waals surface area contributed by atoms with Crippen LogP contribution in [0.2, 0.25) is 5.02 Å². The molecule has 0 saturated heterocycles. The summed E-state index contributed by atoms with van der Waals surface area (Å²) in [7, 11) is 0. The van der Waals surface area contributed by atoms with Gasteiger partial charge in [-0.1, -0.05) is 35.9 Å². The number of nitrogens with one attached hydrogen (secondary N) is 1. The first kappa shape index (κ1) is 16.8. The summed E-state index contributed by atoms with van der Waals surface area (Å²) in [4.78, 5) is 11.7. The second-order valence-corrected chi connectivity index (χ2v) is 4.95. The van der Waals surface area contributed by atoms with Crippen LogP contribution in [-0.2, 0) is 4.79 Å². The smallest absolute Gasteiger partial charge is 0.277 e. The molecule has 0 fully saturated rings. The SMILES string of the molecule is CCOc1ccccc1OCC(=O)N/N=C\c1ccc(Cl)cc1. The summed E-state index contributed by atoms with van der Waals surface area (Å²) < 4.78 is 10.9. The molecule has 1 N–H and O–H groups in total. The fraction of sp³-hybridized carbons (Fsp3) is 0.176. The predicted molar refractivity (Wildman–Crippen MR) is 90.3 cm³/mol. The largest absolute Gasteiger partial charge is 0.490 e. The van der Waals surface area contributed by atoms with E-state index in [4.69, 9.17) is 21.1 Å². The maximum atomic E-state index is 11.7. The molecule has 5 nitrogen and oxygen atoms in total. The minimum atomic E-state index is -0.360. The molecule has 0 aromatic heterocycles. The van der Waals surface area contributed by atoms with Gasteiger partial charge in [0.2, 0.25) is 0 Å². The standard InChI is InChI=1S/C17H17ClN2O3/c1-2-22-15-5-3-4-6-16(15)23-12-17(21)20-19-11-13-7-9-14(18)10-8-13/h3-11H,2,12H2,1H3,(H,20,21)/b19-11-. The third-order valence-electron chi connectivity index (χ3n) is 2.78. The molecule has 1 amide bonds. The molecule has 0 aliphatic rings. The van der Waals surface area contributed by atoms with Gasteiger partial charge in [-0.3, -0.25) is 4.79 Å². The highest BCUT2D eigenvalue weighted by Gasteiger charge is 2.06. The van der Waals surface area contributed by atoms with Gasteiger partial charge in [0.1, 0.15) is 0 Å². The highest BCUT2D eigenvalue weighted by Crippen LogP contribution is 2.26. The summed E-state index contributed by atoms with van der Waals surface area (Å²) >= 11 is 5.79. The van der Waals surface area contributed by atoms with Crippen molar-refractivity contribution in [2.24, 2.45) is 5.10 Å². The van der Waals surface area contributed by atoms with Crippen LogP contribution in [0.4, 0.5) is 0 Å². The Labute approximate surface area is 139 Å². The number of carbonyl (C=O) groups excluding carboxylic acids is 1. The number of benzene rings is 2. The Morgan fingerprint density at radius 3 is 2.43 bits per heavy atom. The van der Waals surface area contributed by atoms with E-state index in [0.717, 1.165) is 5.56 Å². The van der Waals surface area contributed by atoms with Crippen LogP contribution in [-0.4, -0.2) is 25.3 Å². The maximum Gasteiger partial charge on any atom is 0.277 e. The molecule has 0 spiro atoms. The lowest BCUT2D eigenvalue weighted by Crippen LogP contribution is -2.24. The summed E-state index contributed by atoms with van der Waals surface area (Å²) in [6.45, 7) is 2.26. The maximum absolute atomic E-state index is 11.7. The first-order valence-corrected chi connectivity index (χ1v) is 7.49. The van der Waals surface area contributed by atoms with Crippen molar-refractivity contribution in [1.82, 2.24) is 5.43 Å². The van der Waals surface area contributed by atoms with E-state index in [9.17, 15) is 4.79 Å². The van der Waals surface area contributed by atoms with Gasteiger partial charge in [-0.2, -0.15) is 5.10 Å². The Hall–Kier alpha value is -2.53. The summed E-state index contributed by atoms with van der Waals surface area (Å²) in [5.74, 6) is 0.764. The first-order chi connectivity index (χ1) is 11.2. The molecule has 0 heterocycles. The van der Waals surface area contributed by atoms with Crippen LogP contribution < -0.4 is 14.9 Å². The molecule has 6 heteroatoms. The fourth-order valence-electron chi connectivity index (χ4n) is 1.75. The van der Waals surface area contributed by atoms with Crippen molar-refractivity contribution < 1.29 is 14.3 Å². The van der Waals surface area contributed by atoms with Gasteiger partial charge in [-0.25, -0.2) is 5.43 Å². The lowest BCUT2D eigenvalue weighted by Gasteiger charge is -2.10. The number of halogens is 1. The van der Waals surface area contributed by atoms with E-state index in [1.54, 1.807) is 36.4 Å². The molecule has 0 aliphatic heterocycles. The van der Waals surface area contributed by atoms with E-state index in [1.807, 2.05) is 19.1 Å². The van der Waals surface area contributed by atoms with Gasteiger partial charge in [0.05, 0.1) is 12.8 Å². The average Bonchev–Trinajstić information content (AvgIpc) is 2.56. The van der Waals surface area contributed by atoms with E-state index in [-0.39, 0.29) is 12.5 Å². The lowest BCUT2D eigenvalue weighted by molar-refractivity contribution is -0.123. The lowest BCUT2D eigenvalue weighted by atomic mass is 10.2. The summed E-state index contributed by atoms with van der Waals surface area (Å²) in [5.41, 5.74) is 3.23. The van der Waals surface area contributed by atoms with Crippen LogP contribution in [0.1, 0.15) is 12.5 Å². The third-order valence-corrected chi connectivity index (χ3v) is 3.03. The van der Waals surface area contributed by atoms with Gasteiger partial charge in [0.15, 0.2) is 18.1 Å². The summed E-state index contributed by atoms with van der Waals surface area (Å²) in [6, 6.07) is 14.3. The average molecular weight is 333 g/mol. The predicted octanol–water partition coefficient (Wildman–Crippen LogP) is 3.27. The normalized spacial score (nSPS) is 10.5. The van der Waals surface area contributed by atoms with E-state index >= 15 is 0 Å². The Morgan fingerprint density at radius 1 is 1.13 bits per heavy atom. The van der Waals surface area contributed by atoms with E-state index in [2.05, 4.69) is 10.5 Å². The number of nitrogens with zero attached hydrogens (tertiary/aromatic N) is 1. The van der Waals surface area contributed by atoms with Gasteiger partial charge >= 0.3 is 0 Å². The van der Waals surface area contributed by atoms with E-state index in [0.29, 0.717) is 23.1 Å². The molecular weight excluding hydrogens is 316 g/mol. The zero-order valence-corrected chi connectivity index (χ0v) is 13.4. The number of rotatable bonds is 7. The summed E-state index contributed by atoms with van der Waals surface area (Å²) in [6.07, 6.45) is 1.53. The van der Waals surface area contributed by atoms with Crippen molar-refractivity contribution in [2.45, 2.75) is 6.92 Å². The number of hydrogen-bond acceptors (Lipinski definition) is 4. The van der Waals surface area contributed by atoms with Crippen LogP contribution in [0.5, 0.6) is 11.5 Å².